The summed E-state index contributed by atoms with van der Waals surface area (Å²) in [4.78, 5) is 30.8. The second kappa shape index (κ2) is 19.6. The fourth-order valence-corrected chi connectivity index (χ4v) is 8.60. The van der Waals surface area contributed by atoms with Crippen molar-refractivity contribution in [3.8, 4) is 57.3 Å². The highest BCUT2D eigenvalue weighted by Crippen LogP contribution is 2.54. The van der Waals surface area contributed by atoms with Gasteiger partial charge >= 0.3 is 0 Å². The smallest absolute Gasteiger partial charge is 0.200 e. The van der Waals surface area contributed by atoms with Gasteiger partial charge in [-0.1, -0.05) is 41.0 Å². The van der Waals surface area contributed by atoms with Crippen molar-refractivity contribution < 1.29 is 47.5 Å². The lowest BCUT2D eigenvalue weighted by Crippen LogP contribution is -2.32. The number of allylic oxidation sites excluding steroid dienone is 6. The number of fused-ring (bicyclic) bond motifs is 1. The van der Waals surface area contributed by atoms with Gasteiger partial charge in [-0.3, -0.25) is 9.59 Å². The number of phenolic OH excluding ortho intramolecular Hbond substituents is 1. The van der Waals surface area contributed by atoms with Gasteiger partial charge in [0.2, 0.25) is 5.43 Å². The Morgan fingerprint density at radius 2 is 1.32 bits per heavy atom. The zero-order valence-electron chi connectivity index (χ0n) is 38.3. The van der Waals surface area contributed by atoms with Crippen molar-refractivity contribution in [2.75, 3.05) is 49.8 Å². The van der Waals surface area contributed by atoms with Crippen LogP contribution in [0.1, 0.15) is 85.5 Å². The van der Waals surface area contributed by atoms with Gasteiger partial charge in [-0.15, -0.1) is 0 Å². The molecule has 332 valence electrons. The topological polar surface area (TPSA) is 132 Å². The van der Waals surface area contributed by atoms with Gasteiger partial charge < -0.3 is 42.7 Å². The summed E-state index contributed by atoms with van der Waals surface area (Å²) in [7, 11) is 10.9. The zero-order chi connectivity index (χ0) is 45.7. The normalized spacial score (nSPS) is 15.8. The molecule has 0 unspecified atom stereocenters. The lowest BCUT2D eigenvalue weighted by Gasteiger charge is -2.38. The van der Waals surface area contributed by atoms with E-state index in [9.17, 15) is 5.11 Å². The van der Waals surface area contributed by atoms with Crippen molar-refractivity contribution in [3.05, 3.63) is 128 Å². The number of phenols is 1. The maximum Gasteiger partial charge on any atom is 0.200 e. The summed E-state index contributed by atoms with van der Waals surface area (Å²) in [6, 6.07) is 16.0. The Labute approximate surface area is 369 Å². The summed E-state index contributed by atoms with van der Waals surface area (Å²) >= 11 is 0. The van der Waals surface area contributed by atoms with Gasteiger partial charge in [0.25, 0.3) is 0 Å². The number of ketones is 1. The minimum atomic E-state index is -0.883. The molecule has 6 rings (SSSR count). The van der Waals surface area contributed by atoms with E-state index in [0.29, 0.717) is 64.0 Å². The first kappa shape index (κ1) is 45.9. The molecule has 5 aromatic rings. The van der Waals surface area contributed by atoms with Crippen LogP contribution >= 0.6 is 0 Å². The van der Waals surface area contributed by atoms with Crippen LogP contribution in [0.15, 0.2) is 98.8 Å². The maximum atomic E-state index is 15.8. The van der Waals surface area contributed by atoms with Crippen molar-refractivity contribution >= 4 is 16.8 Å². The number of carbonyl (C=O) groups excluding carboxylic acids is 1. The monoisotopic (exact) mass is 858 g/mol. The summed E-state index contributed by atoms with van der Waals surface area (Å²) < 4.78 is 47.2. The predicted molar refractivity (Wildman–Crippen MR) is 246 cm³/mol. The van der Waals surface area contributed by atoms with Gasteiger partial charge in [0.15, 0.2) is 5.78 Å². The summed E-state index contributed by atoms with van der Waals surface area (Å²) in [6.07, 6.45) is 7.21. The Balaban J connectivity index is 1.68. The van der Waals surface area contributed by atoms with E-state index in [4.69, 9.17) is 37.6 Å². The van der Waals surface area contributed by atoms with Crippen LogP contribution in [0.5, 0.6) is 46.0 Å². The summed E-state index contributed by atoms with van der Waals surface area (Å²) in [6.45, 7) is 9.92. The average molecular weight is 859 g/mol. The molecule has 0 bridgehead atoms. The lowest BCUT2D eigenvalue weighted by molar-refractivity contribution is 0.0876. The highest BCUT2D eigenvalue weighted by Gasteiger charge is 2.44. The number of methoxy groups -OCH3 is 7. The number of benzene rings is 4. The number of hydrogen-bond donors (Lipinski definition) is 1. The third-order valence-electron chi connectivity index (χ3n) is 11.7. The van der Waals surface area contributed by atoms with Crippen molar-refractivity contribution in [1.29, 1.82) is 0 Å². The van der Waals surface area contributed by atoms with E-state index >= 15 is 9.59 Å². The Hall–Kier alpha value is -6.62. The third-order valence-corrected chi connectivity index (χ3v) is 11.7. The molecule has 1 N–H and O–H groups in total. The maximum absolute atomic E-state index is 15.8. The van der Waals surface area contributed by atoms with Gasteiger partial charge in [-0.2, -0.15) is 0 Å². The van der Waals surface area contributed by atoms with Crippen molar-refractivity contribution in [1.82, 2.24) is 0 Å². The molecule has 0 fully saturated rings. The van der Waals surface area contributed by atoms with E-state index in [1.54, 1.807) is 64.8 Å². The second-order valence-electron chi connectivity index (χ2n) is 16.2. The van der Waals surface area contributed by atoms with E-state index in [1.807, 2.05) is 65.0 Å². The summed E-state index contributed by atoms with van der Waals surface area (Å²) in [5.41, 5.74) is 5.76. The molecule has 1 heterocycles. The van der Waals surface area contributed by atoms with E-state index < -0.39 is 23.2 Å². The second-order valence-corrected chi connectivity index (χ2v) is 16.2. The van der Waals surface area contributed by atoms with Crippen LogP contribution in [0, 0.1) is 5.92 Å². The van der Waals surface area contributed by atoms with Crippen LogP contribution < -0.4 is 38.6 Å². The van der Waals surface area contributed by atoms with Gasteiger partial charge in [0.05, 0.1) is 60.9 Å². The predicted octanol–water partition coefficient (Wildman–Crippen LogP) is 11.0. The van der Waals surface area contributed by atoms with Crippen molar-refractivity contribution in [2.45, 2.75) is 65.7 Å². The minimum Gasteiger partial charge on any atom is -0.507 e. The molecule has 11 nitrogen and oxygen atoms in total. The molecule has 1 aliphatic carbocycles. The minimum absolute atomic E-state index is 0.0355. The van der Waals surface area contributed by atoms with Gasteiger partial charge in [-0.05, 0) is 89.3 Å². The highest BCUT2D eigenvalue weighted by atomic mass is 16.5. The SMILES string of the molecule is COc1ccc(-c2oc3cc(OC)c([C@H]4C=C(C)C[C@@H](c5ccc(OC)cc5OC)[C@@H]4C(=O)c4cc(CC=C(C)C)c(OC)cc4OC)c(O)c3c(=O)c2CC=C(C)C)c(OC)c1. The molecule has 1 aliphatic rings. The first-order valence-electron chi connectivity index (χ1n) is 20.8. The molecule has 0 radical (unpaired) electrons. The van der Waals surface area contributed by atoms with E-state index in [2.05, 4.69) is 6.08 Å². The van der Waals surface area contributed by atoms with Crippen molar-refractivity contribution in [2.24, 2.45) is 5.92 Å². The van der Waals surface area contributed by atoms with Gasteiger partial charge in [-0.25, -0.2) is 0 Å². The largest absolute Gasteiger partial charge is 0.507 e. The molecule has 1 aromatic heterocycles. The van der Waals surface area contributed by atoms with Gasteiger partial charge in [0, 0.05) is 53.1 Å². The highest BCUT2D eigenvalue weighted by molar-refractivity contribution is 6.03. The zero-order valence-corrected chi connectivity index (χ0v) is 38.3. The number of carbonyl (C=O) groups is 1. The van der Waals surface area contributed by atoms with E-state index in [1.165, 1.54) is 21.3 Å². The van der Waals surface area contributed by atoms with Crippen molar-refractivity contribution in [3.63, 3.8) is 0 Å². The molecule has 3 atom stereocenters. The number of Topliss-reactive ketones (excluding diaryl/α,β-unsaturated/α-hetero) is 1. The molecule has 11 heteroatoms. The molecule has 4 aromatic carbocycles. The fraction of sp³-hybridized carbons (Fsp3) is 0.346. The Morgan fingerprint density at radius 1 is 0.714 bits per heavy atom. The molecular formula is C52H58O11. The summed E-state index contributed by atoms with van der Waals surface area (Å²) in [5.74, 6) is 0.780. The van der Waals surface area contributed by atoms with Crippen LogP contribution in [0.25, 0.3) is 22.3 Å². The molecule has 0 amide bonds. The van der Waals surface area contributed by atoms with Crippen LogP contribution in [0.4, 0.5) is 0 Å². The first-order chi connectivity index (χ1) is 30.2. The Bertz CT molecular complexity index is 2670. The van der Waals surface area contributed by atoms with Crippen LogP contribution in [-0.4, -0.2) is 60.7 Å². The molecule has 63 heavy (non-hydrogen) atoms. The molecular weight excluding hydrogens is 801 g/mol. The fourth-order valence-electron chi connectivity index (χ4n) is 8.60. The summed E-state index contributed by atoms with van der Waals surface area (Å²) in [5, 5.41) is 12.7. The number of aromatic hydroxyl groups is 1. The number of hydrogen-bond acceptors (Lipinski definition) is 11. The number of rotatable bonds is 16. The molecule has 0 aliphatic heterocycles. The molecule has 0 spiro atoms. The standard InChI is InChI=1S/C52H58O11/c1-28(2)13-15-31-23-38(43(61-11)26-40(31)58-8)50(54)46-37(34-19-16-32(56-6)24-41(34)59-9)21-30(5)22-39(46)47-44(62-12)27-45-48(51(47)55)49(53)36(18-14-29(3)4)52(63-45)35-20-17-33(57-7)25-42(35)60-10/h13-14,16-17,19-20,22-27,37,39,46,55H,15,18,21H2,1-12H3/t37-,39-,46-/m0/s1. The quantitative estimate of drug-likeness (QED) is 0.0751. The van der Waals surface area contributed by atoms with Crippen LogP contribution in [-0.2, 0) is 12.8 Å². The van der Waals surface area contributed by atoms with Crippen LogP contribution in [0.2, 0.25) is 0 Å². The first-order valence-corrected chi connectivity index (χ1v) is 20.8. The van der Waals surface area contributed by atoms with Gasteiger partial charge in [0.1, 0.15) is 62.7 Å². The lowest BCUT2D eigenvalue weighted by atomic mass is 9.65. The Kier molecular flexibility index (Phi) is 14.3. The van der Waals surface area contributed by atoms with Crippen LogP contribution in [0.3, 0.4) is 0 Å². The Morgan fingerprint density at radius 3 is 1.92 bits per heavy atom. The number of ether oxygens (including phenoxy) is 7. The van der Waals surface area contributed by atoms with E-state index in [-0.39, 0.29) is 46.0 Å². The van der Waals surface area contributed by atoms with E-state index in [0.717, 1.165) is 27.8 Å². The third kappa shape index (κ3) is 9.14. The average Bonchev–Trinajstić information content (AvgIpc) is 3.28. The molecule has 0 saturated carbocycles. The molecule has 0 saturated heterocycles.